The third-order valence-electron chi connectivity index (χ3n) is 1.41. The topological polar surface area (TPSA) is 67.6 Å². The quantitative estimate of drug-likeness (QED) is 0.410. The summed E-state index contributed by atoms with van der Waals surface area (Å²) in [4.78, 5) is 17.0. The summed E-state index contributed by atoms with van der Waals surface area (Å²) in [5, 5.41) is 0. The molecule has 0 heterocycles. The van der Waals surface area contributed by atoms with Gasteiger partial charge in [0.05, 0.1) is 6.42 Å². The van der Waals surface area contributed by atoms with E-state index < -0.39 is 0 Å². The Morgan fingerprint density at radius 2 is 2.36 bits per heavy atom. The fourth-order valence-electron chi connectivity index (χ4n) is 0.557. The maximum absolute atomic E-state index is 10.7. The Morgan fingerprint density at radius 1 is 1.73 bits per heavy atom. The van der Waals surface area contributed by atoms with E-state index in [-0.39, 0.29) is 5.97 Å². The van der Waals surface area contributed by atoms with Crippen molar-refractivity contribution in [2.24, 2.45) is 5.84 Å². The Hall–Kier alpha value is -0.650. The van der Waals surface area contributed by atoms with Crippen molar-refractivity contribution in [3.8, 4) is 0 Å². The molecule has 0 atom stereocenters. The molecule has 0 aromatic heterocycles. The van der Waals surface area contributed by atoms with Gasteiger partial charge in [-0.05, 0) is 13.6 Å². The first-order valence-corrected chi connectivity index (χ1v) is 3.54. The summed E-state index contributed by atoms with van der Waals surface area (Å²) in [7, 11) is 1.93. The van der Waals surface area contributed by atoms with Gasteiger partial charge in [0.15, 0.2) is 0 Å². The Morgan fingerprint density at radius 3 is 2.82 bits per heavy atom. The van der Waals surface area contributed by atoms with Gasteiger partial charge < -0.3 is 9.74 Å². The fourth-order valence-corrected chi connectivity index (χ4v) is 0.557. The third-order valence-corrected chi connectivity index (χ3v) is 1.41. The molecule has 0 rings (SSSR count). The van der Waals surface area contributed by atoms with Gasteiger partial charge in [-0.25, -0.2) is 5.84 Å². The summed E-state index contributed by atoms with van der Waals surface area (Å²) < 4.78 is 0. The molecule has 0 aromatic carbocycles. The number of hydrazine groups is 1. The van der Waals surface area contributed by atoms with Gasteiger partial charge in [-0.2, -0.15) is 0 Å². The van der Waals surface area contributed by atoms with Crippen LogP contribution >= 0.6 is 0 Å². The van der Waals surface area contributed by atoms with Crippen LogP contribution in [0.15, 0.2) is 0 Å². The highest BCUT2D eigenvalue weighted by atomic mass is 16.7. The SMILES string of the molecule is CCN(C)CCC(=O)ONN. The van der Waals surface area contributed by atoms with Crippen LogP contribution in [-0.2, 0) is 9.63 Å². The summed E-state index contributed by atoms with van der Waals surface area (Å²) in [6.45, 7) is 3.63. The zero-order valence-corrected chi connectivity index (χ0v) is 6.96. The van der Waals surface area contributed by atoms with E-state index in [1.165, 1.54) is 0 Å². The Bertz CT molecular complexity index is 118. The lowest BCUT2D eigenvalue weighted by Gasteiger charge is -2.11. The number of nitrogens with one attached hydrogen (secondary N) is 1. The molecule has 0 saturated carbocycles. The monoisotopic (exact) mass is 161 g/mol. The number of hydrogen-bond acceptors (Lipinski definition) is 5. The lowest BCUT2D eigenvalue weighted by Crippen LogP contribution is -2.29. The molecule has 66 valence electrons. The van der Waals surface area contributed by atoms with Gasteiger partial charge in [0.25, 0.3) is 0 Å². The van der Waals surface area contributed by atoms with Crippen molar-refractivity contribution >= 4 is 5.97 Å². The van der Waals surface area contributed by atoms with Crippen molar-refractivity contribution in [2.45, 2.75) is 13.3 Å². The average molecular weight is 161 g/mol. The van der Waals surface area contributed by atoms with Gasteiger partial charge in [0.1, 0.15) is 0 Å². The second-order valence-corrected chi connectivity index (χ2v) is 2.24. The molecule has 0 bridgehead atoms. The fraction of sp³-hybridized carbons (Fsp3) is 0.833. The van der Waals surface area contributed by atoms with E-state index in [2.05, 4.69) is 4.84 Å². The van der Waals surface area contributed by atoms with Crippen LogP contribution in [0.25, 0.3) is 0 Å². The zero-order valence-electron chi connectivity index (χ0n) is 6.96. The molecule has 0 fully saturated rings. The van der Waals surface area contributed by atoms with Crippen molar-refractivity contribution < 1.29 is 9.63 Å². The van der Waals surface area contributed by atoms with E-state index in [1.54, 1.807) is 0 Å². The first-order valence-electron chi connectivity index (χ1n) is 3.54. The third kappa shape index (κ3) is 5.78. The minimum absolute atomic E-state index is 0.340. The van der Waals surface area contributed by atoms with Crippen LogP contribution in [0.4, 0.5) is 0 Å². The van der Waals surface area contributed by atoms with Crippen LogP contribution in [-0.4, -0.2) is 31.0 Å². The lowest BCUT2D eigenvalue weighted by molar-refractivity contribution is -0.151. The van der Waals surface area contributed by atoms with Crippen molar-refractivity contribution in [1.82, 2.24) is 10.5 Å². The molecule has 0 amide bonds. The van der Waals surface area contributed by atoms with E-state index in [0.717, 1.165) is 6.54 Å². The van der Waals surface area contributed by atoms with Gasteiger partial charge in [-0.1, -0.05) is 12.5 Å². The van der Waals surface area contributed by atoms with Gasteiger partial charge in [-0.3, -0.25) is 4.79 Å². The molecule has 0 saturated heterocycles. The standard InChI is InChI=1S/C6H15N3O2/c1-3-9(2)5-4-6(10)11-8-7/h8H,3-5,7H2,1-2H3. The normalized spacial score (nSPS) is 10.2. The highest BCUT2D eigenvalue weighted by Crippen LogP contribution is 1.87. The van der Waals surface area contributed by atoms with E-state index in [9.17, 15) is 4.79 Å². The van der Waals surface area contributed by atoms with Crippen LogP contribution in [0.3, 0.4) is 0 Å². The predicted molar refractivity (Wildman–Crippen MR) is 41.2 cm³/mol. The Kier molecular flexibility index (Phi) is 5.73. The molecule has 11 heavy (non-hydrogen) atoms. The molecule has 0 aliphatic rings. The van der Waals surface area contributed by atoms with E-state index >= 15 is 0 Å². The summed E-state index contributed by atoms with van der Waals surface area (Å²) in [6.07, 6.45) is 0.356. The van der Waals surface area contributed by atoms with Gasteiger partial charge >= 0.3 is 5.97 Å². The van der Waals surface area contributed by atoms with Crippen LogP contribution in [0.1, 0.15) is 13.3 Å². The maximum atomic E-state index is 10.7. The number of hydrogen-bond donors (Lipinski definition) is 2. The number of rotatable bonds is 5. The number of carbonyl (C=O) groups excluding carboxylic acids is 1. The number of carbonyl (C=O) groups is 1. The summed E-state index contributed by atoms with van der Waals surface area (Å²) in [5.74, 6) is 4.42. The second kappa shape index (κ2) is 6.09. The summed E-state index contributed by atoms with van der Waals surface area (Å²) in [5.41, 5.74) is 1.84. The summed E-state index contributed by atoms with van der Waals surface area (Å²) in [6, 6.07) is 0. The number of nitrogens with two attached hydrogens (primary N) is 1. The predicted octanol–water partition coefficient (Wildman–Crippen LogP) is -0.750. The van der Waals surface area contributed by atoms with Crippen LogP contribution in [0.2, 0.25) is 0 Å². The molecule has 5 nitrogen and oxygen atoms in total. The Balaban J connectivity index is 3.30. The summed E-state index contributed by atoms with van der Waals surface area (Å²) >= 11 is 0. The van der Waals surface area contributed by atoms with Crippen molar-refractivity contribution in [3.63, 3.8) is 0 Å². The molecule has 0 unspecified atom stereocenters. The maximum Gasteiger partial charge on any atom is 0.327 e. The van der Waals surface area contributed by atoms with Crippen molar-refractivity contribution in [1.29, 1.82) is 0 Å². The molecule has 0 aromatic rings. The zero-order chi connectivity index (χ0) is 8.69. The molecule has 0 aliphatic carbocycles. The second-order valence-electron chi connectivity index (χ2n) is 2.24. The molecule has 0 radical (unpaired) electrons. The van der Waals surface area contributed by atoms with E-state index in [0.29, 0.717) is 13.0 Å². The Labute approximate surface area is 66.4 Å². The largest absolute Gasteiger partial charge is 0.356 e. The molecule has 3 N–H and O–H groups in total. The molecule has 0 aliphatic heterocycles. The highest BCUT2D eigenvalue weighted by molar-refractivity contribution is 5.69. The highest BCUT2D eigenvalue weighted by Gasteiger charge is 2.02. The minimum atomic E-state index is -0.340. The molecular weight excluding hydrogens is 146 g/mol. The minimum Gasteiger partial charge on any atom is -0.356 e. The number of nitrogens with zero attached hydrogens (tertiary/aromatic N) is 1. The average Bonchev–Trinajstić information content (AvgIpc) is 2.01. The molecule has 5 heteroatoms. The van der Waals surface area contributed by atoms with Crippen LogP contribution in [0, 0.1) is 0 Å². The van der Waals surface area contributed by atoms with Crippen molar-refractivity contribution in [3.05, 3.63) is 0 Å². The van der Waals surface area contributed by atoms with Crippen molar-refractivity contribution in [2.75, 3.05) is 20.1 Å². The van der Waals surface area contributed by atoms with Gasteiger partial charge in [0, 0.05) is 6.54 Å². The lowest BCUT2D eigenvalue weighted by atomic mass is 10.4. The first kappa shape index (κ1) is 10.3. The van der Waals surface area contributed by atoms with Crippen LogP contribution < -0.4 is 11.4 Å². The van der Waals surface area contributed by atoms with E-state index in [1.807, 2.05) is 24.5 Å². The van der Waals surface area contributed by atoms with Crippen LogP contribution in [0.5, 0.6) is 0 Å². The first-order chi connectivity index (χ1) is 5.20. The van der Waals surface area contributed by atoms with E-state index in [4.69, 9.17) is 5.84 Å². The molecular formula is C6H15N3O2. The smallest absolute Gasteiger partial charge is 0.327 e. The molecule has 0 spiro atoms. The van der Waals surface area contributed by atoms with Gasteiger partial charge in [0.2, 0.25) is 0 Å². The van der Waals surface area contributed by atoms with Gasteiger partial charge in [-0.15, -0.1) is 0 Å².